The molecule has 0 atom stereocenters. The van der Waals surface area contributed by atoms with E-state index in [2.05, 4.69) is 39.6 Å². The zero-order valence-electron chi connectivity index (χ0n) is 17.7. The molecule has 0 fully saturated rings. The minimum absolute atomic E-state index is 0.718. The molecular weight excluding hydrogens is 428 g/mol. The quantitative estimate of drug-likeness (QED) is 0.340. The Labute approximate surface area is 189 Å². The molecule has 31 heavy (non-hydrogen) atoms. The van der Waals surface area contributed by atoms with Crippen LogP contribution >= 0.6 is 22.7 Å². The standard InChI is InChI=1S/C24H24N2O3S2/c1-27-19-8-6-17(7-9-19)23-16-31-24(26(23)11-10-22-5-4-12-30-22)25-18-13-20(28-2)15-21(14-18)29-3/h4-9,12-16H,10-11H2,1-3H3. The first-order chi connectivity index (χ1) is 15.2. The van der Waals surface area contributed by atoms with Crippen LogP contribution in [0.2, 0.25) is 0 Å². The highest BCUT2D eigenvalue weighted by atomic mass is 32.1. The number of benzene rings is 2. The Morgan fingerprint density at radius 2 is 1.55 bits per heavy atom. The predicted octanol–water partition coefficient (Wildman–Crippen LogP) is 5.78. The minimum Gasteiger partial charge on any atom is -0.497 e. The van der Waals surface area contributed by atoms with Crippen molar-refractivity contribution in [1.82, 2.24) is 4.57 Å². The molecule has 0 radical (unpaired) electrons. The van der Waals surface area contributed by atoms with E-state index < -0.39 is 0 Å². The molecule has 0 saturated carbocycles. The largest absolute Gasteiger partial charge is 0.497 e. The van der Waals surface area contributed by atoms with Gasteiger partial charge in [0.25, 0.3) is 0 Å². The summed E-state index contributed by atoms with van der Waals surface area (Å²) < 4.78 is 18.4. The fourth-order valence-corrected chi connectivity index (χ4v) is 4.93. The van der Waals surface area contributed by atoms with Crippen molar-refractivity contribution >= 4 is 28.4 Å². The number of aryl methyl sites for hydroxylation is 1. The Morgan fingerprint density at radius 3 is 2.16 bits per heavy atom. The average Bonchev–Trinajstić information content (AvgIpc) is 3.47. The zero-order chi connectivity index (χ0) is 21.6. The normalized spacial score (nSPS) is 11.5. The smallest absolute Gasteiger partial charge is 0.190 e. The second kappa shape index (κ2) is 9.85. The van der Waals surface area contributed by atoms with E-state index in [0.29, 0.717) is 0 Å². The van der Waals surface area contributed by atoms with Crippen LogP contribution in [-0.4, -0.2) is 25.9 Å². The summed E-state index contributed by atoms with van der Waals surface area (Å²) >= 11 is 3.41. The van der Waals surface area contributed by atoms with Crippen molar-refractivity contribution in [3.63, 3.8) is 0 Å². The molecule has 5 nitrogen and oxygen atoms in total. The highest BCUT2D eigenvalue weighted by molar-refractivity contribution is 7.09. The van der Waals surface area contributed by atoms with Crippen LogP contribution in [0.5, 0.6) is 17.2 Å². The summed E-state index contributed by atoms with van der Waals surface area (Å²) in [6.07, 6.45) is 0.951. The van der Waals surface area contributed by atoms with Crippen molar-refractivity contribution in [3.05, 3.63) is 75.0 Å². The van der Waals surface area contributed by atoms with Gasteiger partial charge in [-0.05, 0) is 47.7 Å². The van der Waals surface area contributed by atoms with Gasteiger partial charge in [-0.1, -0.05) is 6.07 Å². The molecule has 0 aliphatic carbocycles. The van der Waals surface area contributed by atoms with Gasteiger partial charge in [0.2, 0.25) is 0 Å². The van der Waals surface area contributed by atoms with Gasteiger partial charge in [-0.2, -0.15) is 0 Å². The summed E-state index contributed by atoms with van der Waals surface area (Å²) in [4.78, 5) is 7.22. The SMILES string of the molecule is COc1ccc(-c2csc(=Nc3cc(OC)cc(OC)c3)n2CCc2cccs2)cc1. The van der Waals surface area contributed by atoms with Crippen LogP contribution in [0, 0.1) is 0 Å². The van der Waals surface area contributed by atoms with E-state index in [1.165, 1.54) is 4.88 Å². The first kappa shape index (κ1) is 21.2. The Kier molecular flexibility index (Phi) is 6.74. The number of aromatic nitrogens is 1. The molecule has 0 amide bonds. The predicted molar refractivity (Wildman–Crippen MR) is 127 cm³/mol. The van der Waals surface area contributed by atoms with Crippen LogP contribution in [0.4, 0.5) is 5.69 Å². The lowest BCUT2D eigenvalue weighted by Gasteiger charge is -2.10. The van der Waals surface area contributed by atoms with E-state index in [9.17, 15) is 0 Å². The summed E-state index contributed by atoms with van der Waals surface area (Å²) in [7, 11) is 4.97. The van der Waals surface area contributed by atoms with Crippen molar-refractivity contribution in [3.8, 4) is 28.5 Å². The van der Waals surface area contributed by atoms with E-state index >= 15 is 0 Å². The zero-order valence-corrected chi connectivity index (χ0v) is 19.3. The van der Waals surface area contributed by atoms with E-state index in [-0.39, 0.29) is 0 Å². The number of nitrogens with zero attached hydrogens (tertiary/aromatic N) is 2. The Hall–Kier alpha value is -3.03. The number of hydrogen-bond acceptors (Lipinski definition) is 6. The molecule has 0 saturated heterocycles. The third-order valence-electron chi connectivity index (χ3n) is 4.91. The van der Waals surface area contributed by atoms with Crippen LogP contribution in [0.15, 0.2) is 70.3 Å². The van der Waals surface area contributed by atoms with Crippen molar-refractivity contribution in [1.29, 1.82) is 0 Å². The van der Waals surface area contributed by atoms with Crippen molar-refractivity contribution in [2.75, 3.05) is 21.3 Å². The highest BCUT2D eigenvalue weighted by Gasteiger charge is 2.10. The summed E-state index contributed by atoms with van der Waals surface area (Å²) in [5.74, 6) is 2.28. The summed E-state index contributed by atoms with van der Waals surface area (Å²) in [6.45, 7) is 0.839. The lowest BCUT2D eigenvalue weighted by molar-refractivity contribution is 0.394. The Balaban J connectivity index is 1.77. The first-order valence-electron chi connectivity index (χ1n) is 9.83. The highest BCUT2D eigenvalue weighted by Crippen LogP contribution is 2.28. The van der Waals surface area contributed by atoms with Gasteiger partial charge >= 0.3 is 0 Å². The number of rotatable bonds is 8. The maximum Gasteiger partial charge on any atom is 0.190 e. The second-order valence-electron chi connectivity index (χ2n) is 6.80. The first-order valence-corrected chi connectivity index (χ1v) is 11.6. The van der Waals surface area contributed by atoms with Crippen molar-refractivity contribution in [2.24, 2.45) is 4.99 Å². The third-order valence-corrected chi connectivity index (χ3v) is 6.71. The van der Waals surface area contributed by atoms with E-state index in [1.54, 1.807) is 44.0 Å². The monoisotopic (exact) mass is 452 g/mol. The maximum absolute atomic E-state index is 5.40. The van der Waals surface area contributed by atoms with Crippen LogP contribution in [0.25, 0.3) is 11.3 Å². The van der Waals surface area contributed by atoms with Gasteiger partial charge in [-0.15, -0.1) is 22.7 Å². The molecular formula is C24H24N2O3S2. The molecule has 0 aliphatic rings. The van der Waals surface area contributed by atoms with Crippen molar-refractivity contribution < 1.29 is 14.2 Å². The topological polar surface area (TPSA) is 45.0 Å². The molecule has 4 rings (SSSR count). The van der Waals surface area contributed by atoms with Gasteiger partial charge in [0.05, 0.1) is 32.7 Å². The van der Waals surface area contributed by atoms with Gasteiger partial charge in [0, 0.05) is 35.0 Å². The maximum atomic E-state index is 5.40. The van der Waals surface area contributed by atoms with Crippen molar-refractivity contribution in [2.45, 2.75) is 13.0 Å². The molecule has 0 spiro atoms. The van der Waals surface area contributed by atoms with Crippen LogP contribution in [0.1, 0.15) is 4.88 Å². The molecule has 2 heterocycles. The van der Waals surface area contributed by atoms with Crippen LogP contribution in [0.3, 0.4) is 0 Å². The number of thiophene rings is 1. The number of hydrogen-bond donors (Lipinski definition) is 0. The molecule has 0 bridgehead atoms. The number of ether oxygens (including phenoxy) is 3. The van der Waals surface area contributed by atoms with Crippen LogP contribution in [-0.2, 0) is 13.0 Å². The molecule has 4 aromatic rings. The average molecular weight is 453 g/mol. The lowest BCUT2D eigenvalue weighted by atomic mass is 10.1. The van der Waals surface area contributed by atoms with Gasteiger partial charge in [0.15, 0.2) is 4.80 Å². The van der Waals surface area contributed by atoms with Crippen LogP contribution < -0.4 is 19.0 Å². The fourth-order valence-electron chi connectivity index (χ4n) is 3.27. The fraction of sp³-hybridized carbons (Fsp3) is 0.208. The van der Waals surface area contributed by atoms with E-state index in [1.807, 2.05) is 30.3 Å². The summed E-state index contributed by atoms with van der Waals surface area (Å²) in [5, 5.41) is 4.28. The minimum atomic E-state index is 0.718. The molecule has 7 heteroatoms. The summed E-state index contributed by atoms with van der Waals surface area (Å²) in [6, 6.07) is 18.1. The third kappa shape index (κ3) is 5.00. The number of thiazole rings is 1. The molecule has 0 unspecified atom stereocenters. The summed E-state index contributed by atoms with van der Waals surface area (Å²) in [5.41, 5.74) is 3.06. The Bertz CT molecular complexity index is 1170. The molecule has 0 N–H and O–H groups in total. The Morgan fingerprint density at radius 1 is 0.839 bits per heavy atom. The molecule has 2 aromatic carbocycles. The lowest BCUT2D eigenvalue weighted by Crippen LogP contribution is -2.17. The van der Waals surface area contributed by atoms with Gasteiger partial charge in [-0.3, -0.25) is 0 Å². The van der Waals surface area contributed by atoms with E-state index in [0.717, 1.165) is 52.0 Å². The van der Waals surface area contributed by atoms with E-state index in [4.69, 9.17) is 19.2 Å². The van der Waals surface area contributed by atoms with Gasteiger partial charge in [-0.25, -0.2) is 4.99 Å². The van der Waals surface area contributed by atoms with Gasteiger partial charge < -0.3 is 18.8 Å². The molecule has 0 aliphatic heterocycles. The molecule has 160 valence electrons. The second-order valence-corrected chi connectivity index (χ2v) is 8.66. The van der Waals surface area contributed by atoms with Gasteiger partial charge in [0.1, 0.15) is 17.2 Å². The molecule has 2 aromatic heterocycles. The number of methoxy groups -OCH3 is 3.